The molecule has 0 radical (unpaired) electrons. The lowest BCUT2D eigenvalue weighted by Gasteiger charge is -2.09. The van der Waals surface area contributed by atoms with Crippen molar-refractivity contribution >= 4 is 38.9 Å². The molecule has 0 fully saturated rings. The quantitative estimate of drug-likeness (QED) is 0.449. The van der Waals surface area contributed by atoms with Crippen molar-refractivity contribution in [3.63, 3.8) is 0 Å². The smallest absolute Gasteiger partial charge is 0.276 e. The van der Waals surface area contributed by atoms with Gasteiger partial charge in [-0.1, -0.05) is 6.07 Å². The van der Waals surface area contributed by atoms with E-state index in [1.807, 2.05) is 25.1 Å². The zero-order valence-electron chi connectivity index (χ0n) is 10.6. The van der Waals surface area contributed by atoms with E-state index in [2.05, 4.69) is 31.7 Å². The van der Waals surface area contributed by atoms with Crippen LogP contribution in [0.15, 0.2) is 34.8 Å². The van der Waals surface area contributed by atoms with Gasteiger partial charge in [0.05, 0.1) is 22.7 Å². The Labute approximate surface area is 123 Å². The van der Waals surface area contributed by atoms with Gasteiger partial charge in [-0.25, -0.2) is 10.8 Å². The summed E-state index contributed by atoms with van der Waals surface area (Å²) in [7, 11) is 0. The minimum Gasteiger partial charge on any atom is -0.339 e. The molecule has 0 aliphatic heterocycles. The van der Waals surface area contributed by atoms with Crippen LogP contribution in [-0.4, -0.2) is 9.91 Å². The number of nitrogens with two attached hydrogens (primary N) is 1. The Hall–Kier alpha value is -2.19. The summed E-state index contributed by atoms with van der Waals surface area (Å²) in [4.78, 5) is 14.5. The van der Waals surface area contributed by atoms with E-state index in [1.54, 1.807) is 0 Å². The third-order valence-electron chi connectivity index (χ3n) is 2.56. The molecule has 0 aliphatic carbocycles. The molecule has 1 heterocycles. The molecule has 104 valence electrons. The maximum Gasteiger partial charge on any atom is 0.276 e. The van der Waals surface area contributed by atoms with E-state index < -0.39 is 4.92 Å². The van der Waals surface area contributed by atoms with Gasteiger partial charge in [-0.2, -0.15) is 0 Å². The largest absolute Gasteiger partial charge is 0.339 e. The average Bonchev–Trinajstić information content (AvgIpc) is 2.41. The molecule has 0 aliphatic rings. The number of nitrogen functional groups attached to an aromatic ring is 1. The van der Waals surface area contributed by atoms with Crippen LogP contribution < -0.4 is 16.6 Å². The molecule has 7 nitrogen and oxygen atoms in total. The Kier molecular flexibility index (Phi) is 4.16. The fourth-order valence-electron chi connectivity index (χ4n) is 1.62. The van der Waals surface area contributed by atoms with Crippen LogP contribution in [0.5, 0.6) is 0 Å². The molecule has 8 heteroatoms. The molecule has 4 N–H and O–H groups in total. The van der Waals surface area contributed by atoms with Gasteiger partial charge in [0.15, 0.2) is 0 Å². The minimum absolute atomic E-state index is 0.0984. The molecular formula is C12H12BrN5O2. The van der Waals surface area contributed by atoms with Crippen LogP contribution in [-0.2, 0) is 0 Å². The second-order valence-corrected chi connectivity index (χ2v) is 4.96. The summed E-state index contributed by atoms with van der Waals surface area (Å²) >= 11 is 3.42. The number of halogens is 1. The van der Waals surface area contributed by atoms with Crippen molar-refractivity contribution in [1.29, 1.82) is 0 Å². The summed E-state index contributed by atoms with van der Waals surface area (Å²) in [5, 5.41) is 13.9. The summed E-state index contributed by atoms with van der Waals surface area (Å²) < 4.78 is 0.841. The number of anilines is 3. The standard InChI is InChI=1S/C12H12BrN5O2/c1-7-2-3-10(9(13)4-7)15-11-5-8(18(19)20)6-12(16-11)17-14/h2-6H,14H2,1H3,(H2,15,16,17). The van der Waals surface area contributed by atoms with Crippen LogP contribution in [0.4, 0.5) is 23.0 Å². The van der Waals surface area contributed by atoms with E-state index in [0.717, 1.165) is 15.7 Å². The molecule has 0 bridgehead atoms. The lowest BCUT2D eigenvalue weighted by molar-refractivity contribution is -0.384. The molecular weight excluding hydrogens is 326 g/mol. The highest BCUT2D eigenvalue weighted by atomic mass is 79.9. The maximum absolute atomic E-state index is 10.9. The first-order chi connectivity index (χ1) is 9.49. The minimum atomic E-state index is -0.502. The molecule has 2 aromatic rings. The number of benzene rings is 1. The van der Waals surface area contributed by atoms with Crippen molar-refractivity contribution < 1.29 is 4.92 Å². The predicted molar refractivity (Wildman–Crippen MR) is 80.9 cm³/mol. The predicted octanol–water partition coefficient (Wildman–Crippen LogP) is 3.09. The number of nitro groups is 1. The van der Waals surface area contributed by atoms with Crippen molar-refractivity contribution in [3.8, 4) is 0 Å². The van der Waals surface area contributed by atoms with Crippen LogP contribution in [0, 0.1) is 17.0 Å². The van der Waals surface area contributed by atoms with Crippen LogP contribution in [0.1, 0.15) is 5.56 Å². The molecule has 0 spiro atoms. The van der Waals surface area contributed by atoms with Crippen molar-refractivity contribution in [3.05, 3.63) is 50.5 Å². The molecule has 0 saturated heterocycles. The Morgan fingerprint density at radius 3 is 2.60 bits per heavy atom. The number of aromatic nitrogens is 1. The first-order valence-electron chi connectivity index (χ1n) is 5.66. The van der Waals surface area contributed by atoms with E-state index in [4.69, 9.17) is 5.84 Å². The first-order valence-corrected chi connectivity index (χ1v) is 6.45. The molecule has 0 unspecified atom stereocenters. The normalized spacial score (nSPS) is 10.2. The van der Waals surface area contributed by atoms with Gasteiger partial charge in [0.2, 0.25) is 0 Å². The van der Waals surface area contributed by atoms with Gasteiger partial charge in [-0.05, 0) is 40.5 Å². The lowest BCUT2D eigenvalue weighted by Crippen LogP contribution is -2.10. The fraction of sp³-hybridized carbons (Fsp3) is 0.0833. The zero-order chi connectivity index (χ0) is 14.7. The number of rotatable bonds is 4. The van der Waals surface area contributed by atoms with Gasteiger partial charge >= 0.3 is 0 Å². The summed E-state index contributed by atoms with van der Waals surface area (Å²) in [6.07, 6.45) is 0. The van der Waals surface area contributed by atoms with Gasteiger partial charge in [0.1, 0.15) is 11.6 Å². The van der Waals surface area contributed by atoms with Crippen molar-refractivity contribution in [1.82, 2.24) is 4.98 Å². The maximum atomic E-state index is 10.9. The van der Waals surface area contributed by atoms with E-state index in [1.165, 1.54) is 12.1 Å². The van der Waals surface area contributed by atoms with E-state index in [0.29, 0.717) is 5.82 Å². The highest BCUT2D eigenvalue weighted by Gasteiger charge is 2.11. The van der Waals surface area contributed by atoms with Gasteiger partial charge in [0.25, 0.3) is 5.69 Å². The summed E-state index contributed by atoms with van der Waals surface area (Å²) in [6.45, 7) is 1.97. The van der Waals surface area contributed by atoms with Crippen LogP contribution in [0.3, 0.4) is 0 Å². The monoisotopic (exact) mass is 337 g/mol. The Morgan fingerprint density at radius 1 is 1.30 bits per heavy atom. The number of nitrogens with zero attached hydrogens (tertiary/aromatic N) is 2. The van der Waals surface area contributed by atoms with E-state index >= 15 is 0 Å². The summed E-state index contributed by atoms with van der Waals surface area (Å²) in [5.74, 6) is 5.80. The van der Waals surface area contributed by atoms with E-state index in [-0.39, 0.29) is 11.5 Å². The van der Waals surface area contributed by atoms with Crippen LogP contribution in [0.2, 0.25) is 0 Å². The van der Waals surface area contributed by atoms with Crippen molar-refractivity contribution in [2.45, 2.75) is 6.92 Å². The number of pyridine rings is 1. The number of nitrogens with one attached hydrogen (secondary N) is 2. The lowest BCUT2D eigenvalue weighted by atomic mass is 10.2. The molecule has 1 aromatic carbocycles. The van der Waals surface area contributed by atoms with Gasteiger partial charge < -0.3 is 10.7 Å². The van der Waals surface area contributed by atoms with E-state index in [9.17, 15) is 10.1 Å². The molecule has 1 aromatic heterocycles. The number of hydrogen-bond acceptors (Lipinski definition) is 6. The van der Waals surface area contributed by atoms with Crippen LogP contribution in [0.25, 0.3) is 0 Å². The highest BCUT2D eigenvalue weighted by Crippen LogP contribution is 2.28. The summed E-state index contributed by atoms with van der Waals surface area (Å²) in [6, 6.07) is 8.31. The molecule has 0 saturated carbocycles. The average molecular weight is 338 g/mol. The second-order valence-electron chi connectivity index (χ2n) is 4.11. The Bertz CT molecular complexity index is 662. The van der Waals surface area contributed by atoms with Gasteiger partial charge in [-0.15, -0.1) is 0 Å². The van der Waals surface area contributed by atoms with Crippen molar-refractivity contribution in [2.75, 3.05) is 10.7 Å². The number of hydrogen-bond donors (Lipinski definition) is 3. The molecule has 2 rings (SSSR count). The SMILES string of the molecule is Cc1ccc(Nc2cc([N+](=O)[O-])cc(NN)n2)c(Br)c1. The van der Waals surface area contributed by atoms with Gasteiger partial charge in [-0.3, -0.25) is 10.1 Å². The third kappa shape index (κ3) is 3.22. The fourth-order valence-corrected chi connectivity index (χ4v) is 2.21. The topological polar surface area (TPSA) is 106 Å². The van der Waals surface area contributed by atoms with Crippen molar-refractivity contribution in [2.24, 2.45) is 5.84 Å². The Morgan fingerprint density at radius 2 is 2.00 bits per heavy atom. The van der Waals surface area contributed by atoms with Gasteiger partial charge in [0, 0.05) is 4.47 Å². The summed E-state index contributed by atoms with van der Waals surface area (Å²) in [5.41, 5.74) is 4.06. The first kappa shape index (κ1) is 14.2. The van der Waals surface area contributed by atoms with Crippen LogP contribution >= 0.6 is 15.9 Å². The zero-order valence-corrected chi connectivity index (χ0v) is 12.1. The number of aryl methyl sites for hydroxylation is 1. The Balaban J connectivity index is 2.37. The highest BCUT2D eigenvalue weighted by molar-refractivity contribution is 9.10. The second kappa shape index (κ2) is 5.85. The molecule has 20 heavy (non-hydrogen) atoms. The molecule has 0 atom stereocenters. The number of hydrazine groups is 1. The third-order valence-corrected chi connectivity index (χ3v) is 3.21. The molecule has 0 amide bonds.